The van der Waals surface area contributed by atoms with Gasteiger partial charge in [0.25, 0.3) is 0 Å². The van der Waals surface area contributed by atoms with E-state index in [0.717, 1.165) is 46.8 Å². The molecule has 3 rings (SSSR count). The van der Waals surface area contributed by atoms with Gasteiger partial charge in [-0.25, -0.2) is 0 Å². The Kier molecular flexibility index (Phi) is 7.87. The zero-order valence-electron chi connectivity index (χ0n) is 18.3. The molecule has 0 unspecified atom stereocenters. The molecule has 31 heavy (non-hydrogen) atoms. The highest BCUT2D eigenvalue weighted by Gasteiger charge is 2.06. The lowest BCUT2D eigenvalue weighted by molar-refractivity contribution is -0.116. The van der Waals surface area contributed by atoms with Gasteiger partial charge in [-0.3, -0.25) is 9.48 Å². The fraction of sp³-hybridized carbons (Fsp3) is 0.280. The van der Waals surface area contributed by atoms with E-state index >= 15 is 0 Å². The molecule has 162 valence electrons. The molecule has 6 heteroatoms. The van der Waals surface area contributed by atoms with Gasteiger partial charge >= 0.3 is 0 Å². The van der Waals surface area contributed by atoms with Gasteiger partial charge in [-0.2, -0.15) is 5.10 Å². The highest BCUT2D eigenvalue weighted by atomic mass is 16.5. The van der Waals surface area contributed by atoms with Crippen molar-refractivity contribution in [2.75, 3.05) is 13.7 Å². The molecule has 0 atom stereocenters. The molecule has 0 aliphatic carbocycles. The number of aromatic nitrogens is 2. The van der Waals surface area contributed by atoms with E-state index in [2.05, 4.69) is 10.4 Å². The first-order valence-electron chi connectivity index (χ1n) is 10.4. The average Bonchev–Trinajstić information content (AvgIpc) is 3.19. The molecule has 0 saturated heterocycles. The number of aryl methyl sites for hydroxylation is 3. The van der Waals surface area contributed by atoms with Crippen LogP contribution in [0.2, 0.25) is 0 Å². The smallest absolute Gasteiger partial charge is 0.244 e. The van der Waals surface area contributed by atoms with Crippen LogP contribution in [-0.4, -0.2) is 29.3 Å². The second-order valence-electron chi connectivity index (χ2n) is 7.30. The van der Waals surface area contributed by atoms with Crippen molar-refractivity contribution in [2.45, 2.75) is 33.4 Å². The van der Waals surface area contributed by atoms with Crippen LogP contribution in [0.3, 0.4) is 0 Å². The third kappa shape index (κ3) is 6.47. The van der Waals surface area contributed by atoms with Crippen molar-refractivity contribution in [3.05, 3.63) is 83.2 Å². The van der Waals surface area contributed by atoms with E-state index in [1.807, 2.05) is 67.1 Å². The summed E-state index contributed by atoms with van der Waals surface area (Å²) in [6, 6.07) is 15.6. The maximum absolute atomic E-state index is 12.1. The number of benzene rings is 2. The van der Waals surface area contributed by atoms with Gasteiger partial charge in [0.2, 0.25) is 5.91 Å². The average molecular weight is 420 g/mol. The molecule has 0 bridgehead atoms. The summed E-state index contributed by atoms with van der Waals surface area (Å²) >= 11 is 0. The summed E-state index contributed by atoms with van der Waals surface area (Å²) in [5.41, 5.74) is 4.03. The van der Waals surface area contributed by atoms with Gasteiger partial charge in [-0.1, -0.05) is 24.3 Å². The number of nitrogens with one attached hydrogen (secondary N) is 1. The minimum Gasteiger partial charge on any atom is -0.496 e. The summed E-state index contributed by atoms with van der Waals surface area (Å²) in [6.45, 7) is 5.80. The lowest BCUT2D eigenvalue weighted by Gasteiger charge is -2.12. The molecule has 0 saturated carbocycles. The van der Waals surface area contributed by atoms with Gasteiger partial charge in [-0.05, 0) is 61.7 Å². The molecule has 1 amide bonds. The summed E-state index contributed by atoms with van der Waals surface area (Å²) in [5.74, 6) is 1.48. The molecule has 0 radical (unpaired) electrons. The van der Waals surface area contributed by atoms with Crippen LogP contribution in [0.25, 0.3) is 6.08 Å². The van der Waals surface area contributed by atoms with Crippen LogP contribution in [0.1, 0.15) is 28.8 Å². The number of para-hydroxylation sites is 1. The SMILES string of the molecule is COc1ccc(/C=C/C(=O)NCCCn2nccc2C)cc1COc1ccccc1C. The van der Waals surface area contributed by atoms with E-state index < -0.39 is 0 Å². The van der Waals surface area contributed by atoms with Crippen molar-refractivity contribution in [3.8, 4) is 11.5 Å². The Hall–Kier alpha value is -3.54. The van der Waals surface area contributed by atoms with E-state index in [4.69, 9.17) is 9.47 Å². The number of nitrogens with zero attached hydrogens (tertiary/aromatic N) is 2. The van der Waals surface area contributed by atoms with Crippen LogP contribution in [0.4, 0.5) is 0 Å². The Morgan fingerprint density at radius 2 is 1.97 bits per heavy atom. The minimum absolute atomic E-state index is 0.120. The fourth-order valence-corrected chi connectivity index (χ4v) is 3.19. The number of rotatable bonds is 10. The standard InChI is InChI=1S/C25H29N3O3/c1-19-7-4-5-8-23(19)31-18-22-17-21(9-11-24(22)30-3)10-12-25(29)26-14-6-16-28-20(2)13-15-27-28/h4-5,7-13,15,17H,6,14,16,18H2,1-3H3,(H,26,29)/b12-10+. The van der Waals surface area contributed by atoms with Crippen molar-refractivity contribution in [1.82, 2.24) is 15.1 Å². The number of carbonyl (C=O) groups is 1. The maximum Gasteiger partial charge on any atom is 0.244 e. The van der Waals surface area contributed by atoms with Crippen molar-refractivity contribution < 1.29 is 14.3 Å². The number of hydrogen-bond donors (Lipinski definition) is 1. The van der Waals surface area contributed by atoms with E-state index in [1.165, 1.54) is 0 Å². The Balaban J connectivity index is 1.53. The lowest BCUT2D eigenvalue weighted by atomic mass is 10.1. The normalized spacial score (nSPS) is 10.9. The third-order valence-electron chi connectivity index (χ3n) is 4.98. The van der Waals surface area contributed by atoms with E-state index in [1.54, 1.807) is 25.5 Å². The molecule has 6 nitrogen and oxygen atoms in total. The maximum atomic E-state index is 12.1. The molecule has 0 aliphatic rings. The Labute approximate surface area is 183 Å². The molecule has 1 aromatic heterocycles. The fourth-order valence-electron chi connectivity index (χ4n) is 3.19. The summed E-state index contributed by atoms with van der Waals surface area (Å²) in [4.78, 5) is 12.1. The quantitative estimate of drug-likeness (QED) is 0.393. The van der Waals surface area contributed by atoms with Crippen LogP contribution in [0.5, 0.6) is 11.5 Å². The number of ether oxygens (including phenoxy) is 2. The first kappa shape index (κ1) is 22.2. The van der Waals surface area contributed by atoms with Crippen LogP contribution in [-0.2, 0) is 17.9 Å². The Morgan fingerprint density at radius 3 is 2.71 bits per heavy atom. The number of hydrogen-bond acceptors (Lipinski definition) is 4. The summed E-state index contributed by atoms with van der Waals surface area (Å²) in [5, 5.41) is 7.15. The molecular weight excluding hydrogens is 390 g/mol. The summed E-state index contributed by atoms with van der Waals surface area (Å²) in [7, 11) is 1.64. The molecule has 0 aliphatic heterocycles. The van der Waals surface area contributed by atoms with Crippen molar-refractivity contribution in [3.63, 3.8) is 0 Å². The van der Waals surface area contributed by atoms with E-state index in [0.29, 0.717) is 13.2 Å². The van der Waals surface area contributed by atoms with Gasteiger partial charge < -0.3 is 14.8 Å². The molecule has 3 aromatic rings. The monoisotopic (exact) mass is 419 g/mol. The van der Waals surface area contributed by atoms with Gasteiger partial charge in [0, 0.05) is 36.6 Å². The second-order valence-corrected chi connectivity index (χ2v) is 7.30. The van der Waals surface area contributed by atoms with Crippen LogP contribution in [0, 0.1) is 13.8 Å². The van der Waals surface area contributed by atoms with Crippen LogP contribution < -0.4 is 14.8 Å². The third-order valence-corrected chi connectivity index (χ3v) is 4.98. The topological polar surface area (TPSA) is 65.4 Å². The molecule has 1 N–H and O–H groups in total. The summed E-state index contributed by atoms with van der Waals surface area (Å²) < 4.78 is 13.3. The molecule has 0 spiro atoms. The predicted molar refractivity (Wildman–Crippen MR) is 122 cm³/mol. The number of carbonyl (C=O) groups excluding carboxylic acids is 1. The number of amides is 1. The Bertz CT molecular complexity index is 1040. The van der Waals surface area contributed by atoms with E-state index in [9.17, 15) is 4.79 Å². The van der Waals surface area contributed by atoms with Crippen molar-refractivity contribution >= 4 is 12.0 Å². The van der Waals surface area contributed by atoms with Gasteiger partial charge in [0.15, 0.2) is 0 Å². The number of methoxy groups -OCH3 is 1. The largest absolute Gasteiger partial charge is 0.496 e. The first-order chi connectivity index (χ1) is 15.1. The highest BCUT2D eigenvalue weighted by molar-refractivity contribution is 5.91. The first-order valence-corrected chi connectivity index (χ1v) is 10.4. The second kappa shape index (κ2) is 11.0. The predicted octanol–water partition coefficient (Wildman–Crippen LogP) is 4.31. The zero-order valence-corrected chi connectivity index (χ0v) is 18.3. The lowest BCUT2D eigenvalue weighted by Crippen LogP contribution is -2.23. The zero-order chi connectivity index (χ0) is 22.1. The van der Waals surface area contributed by atoms with Crippen molar-refractivity contribution in [2.24, 2.45) is 0 Å². The van der Waals surface area contributed by atoms with Gasteiger partial charge in [0.05, 0.1) is 7.11 Å². The minimum atomic E-state index is -0.120. The molecule has 1 heterocycles. The van der Waals surface area contributed by atoms with Crippen molar-refractivity contribution in [1.29, 1.82) is 0 Å². The molecule has 2 aromatic carbocycles. The Morgan fingerprint density at radius 1 is 1.13 bits per heavy atom. The van der Waals surface area contributed by atoms with Gasteiger partial charge in [-0.15, -0.1) is 0 Å². The van der Waals surface area contributed by atoms with Gasteiger partial charge in [0.1, 0.15) is 18.1 Å². The van der Waals surface area contributed by atoms with Crippen LogP contribution in [0.15, 0.2) is 60.8 Å². The van der Waals surface area contributed by atoms with Crippen LogP contribution >= 0.6 is 0 Å². The highest BCUT2D eigenvalue weighted by Crippen LogP contribution is 2.24. The molecular formula is C25H29N3O3. The molecule has 0 fully saturated rings. The summed E-state index contributed by atoms with van der Waals surface area (Å²) in [6.07, 6.45) is 5.95. The van der Waals surface area contributed by atoms with E-state index in [-0.39, 0.29) is 5.91 Å².